The average molecular weight is 329 g/mol. The molecule has 1 saturated heterocycles. The summed E-state index contributed by atoms with van der Waals surface area (Å²) in [7, 11) is 0. The van der Waals surface area contributed by atoms with Crippen molar-refractivity contribution in [2.24, 2.45) is 5.92 Å². The summed E-state index contributed by atoms with van der Waals surface area (Å²) in [6.45, 7) is 10.6. The van der Waals surface area contributed by atoms with Gasteiger partial charge in [0.2, 0.25) is 5.89 Å². The number of halogens is 1. The van der Waals surface area contributed by atoms with Crippen LogP contribution in [-0.2, 0) is 12.0 Å². The van der Waals surface area contributed by atoms with Crippen LogP contribution in [0.1, 0.15) is 58.2 Å². The number of hydrogen-bond donors (Lipinski definition) is 1. The number of hydrogen-bond acceptors (Lipinski definition) is 5. The molecule has 0 amide bonds. The Morgan fingerprint density at radius 3 is 2.41 bits per heavy atom. The number of piperidine rings is 1. The van der Waals surface area contributed by atoms with Gasteiger partial charge in [0.05, 0.1) is 6.54 Å². The van der Waals surface area contributed by atoms with Gasteiger partial charge in [-0.25, -0.2) is 0 Å². The van der Waals surface area contributed by atoms with E-state index in [-0.39, 0.29) is 17.8 Å². The third-order valence-electron chi connectivity index (χ3n) is 4.45. The molecule has 1 aliphatic carbocycles. The number of nitrogens with one attached hydrogen (secondary N) is 1. The summed E-state index contributed by atoms with van der Waals surface area (Å²) >= 11 is 0. The van der Waals surface area contributed by atoms with E-state index in [1.165, 1.54) is 32.2 Å². The zero-order chi connectivity index (χ0) is 14.9. The first-order valence-electron chi connectivity index (χ1n) is 8.29. The Morgan fingerprint density at radius 1 is 1.18 bits per heavy atom. The number of aromatic nitrogens is 2. The largest absolute Gasteiger partial charge is 0.339 e. The maximum Gasteiger partial charge on any atom is 0.232 e. The van der Waals surface area contributed by atoms with Gasteiger partial charge in [-0.3, -0.25) is 4.90 Å². The molecular weight excluding hydrogens is 300 g/mol. The van der Waals surface area contributed by atoms with E-state index in [4.69, 9.17) is 4.52 Å². The van der Waals surface area contributed by atoms with Gasteiger partial charge in [-0.05, 0) is 38.1 Å². The Morgan fingerprint density at radius 2 is 1.86 bits per heavy atom. The Balaban J connectivity index is 0.00000176. The monoisotopic (exact) mass is 328 g/mol. The van der Waals surface area contributed by atoms with Crippen molar-refractivity contribution in [3.05, 3.63) is 11.7 Å². The van der Waals surface area contributed by atoms with Gasteiger partial charge in [0.1, 0.15) is 0 Å². The van der Waals surface area contributed by atoms with E-state index < -0.39 is 0 Å². The molecule has 22 heavy (non-hydrogen) atoms. The molecule has 1 N–H and O–H groups in total. The van der Waals surface area contributed by atoms with Gasteiger partial charge < -0.3 is 9.84 Å². The van der Waals surface area contributed by atoms with Crippen LogP contribution in [-0.4, -0.2) is 40.7 Å². The van der Waals surface area contributed by atoms with Crippen LogP contribution < -0.4 is 5.32 Å². The molecule has 2 heterocycles. The topological polar surface area (TPSA) is 54.2 Å². The molecule has 2 aliphatic rings. The summed E-state index contributed by atoms with van der Waals surface area (Å²) in [5.74, 6) is 2.53. The normalized spacial score (nSPS) is 20.9. The van der Waals surface area contributed by atoms with Crippen LogP contribution in [0.3, 0.4) is 0 Å². The van der Waals surface area contributed by atoms with E-state index in [0.29, 0.717) is 6.04 Å². The molecule has 0 spiro atoms. The minimum atomic E-state index is -0.0645. The molecule has 1 aliphatic heterocycles. The third kappa shape index (κ3) is 4.93. The lowest BCUT2D eigenvalue weighted by molar-refractivity contribution is 0.184. The fourth-order valence-corrected chi connectivity index (χ4v) is 2.77. The van der Waals surface area contributed by atoms with Crippen molar-refractivity contribution in [3.8, 4) is 0 Å². The highest BCUT2D eigenvalue weighted by molar-refractivity contribution is 5.85. The first-order chi connectivity index (χ1) is 10.0. The number of rotatable bonds is 5. The molecule has 1 aromatic heterocycles. The van der Waals surface area contributed by atoms with Gasteiger partial charge in [-0.15, -0.1) is 12.4 Å². The van der Waals surface area contributed by atoms with Crippen molar-refractivity contribution >= 4 is 12.4 Å². The van der Waals surface area contributed by atoms with Crippen LogP contribution in [0.25, 0.3) is 0 Å². The Hall–Kier alpha value is -0.650. The first-order valence-corrected chi connectivity index (χ1v) is 8.29. The molecule has 6 heteroatoms. The summed E-state index contributed by atoms with van der Waals surface area (Å²) in [4.78, 5) is 6.96. The highest BCUT2D eigenvalue weighted by Gasteiger charge is 2.26. The van der Waals surface area contributed by atoms with E-state index in [1.807, 2.05) is 0 Å². The molecule has 0 atom stereocenters. The summed E-state index contributed by atoms with van der Waals surface area (Å²) in [6, 6.07) is 0.706. The van der Waals surface area contributed by atoms with Crippen LogP contribution in [0.4, 0.5) is 0 Å². The quantitative estimate of drug-likeness (QED) is 0.900. The van der Waals surface area contributed by atoms with Crippen molar-refractivity contribution in [1.82, 2.24) is 20.4 Å². The van der Waals surface area contributed by atoms with Crippen molar-refractivity contribution < 1.29 is 4.52 Å². The fraction of sp³-hybridized carbons (Fsp3) is 0.875. The predicted molar refractivity (Wildman–Crippen MR) is 89.3 cm³/mol. The average Bonchev–Trinajstić information content (AvgIpc) is 3.14. The predicted octanol–water partition coefficient (Wildman–Crippen LogP) is 2.75. The van der Waals surface area contributed by atoms with E-state index >= 15 is 0 Å². The maximum absolute atomic E-state index is 5.36. The number of likely N-dealkylation sites (tertiary alicyclic amines) is 1. The second-order valence-electron chi connectivity index (χ2n) is 7.67. The minimum Gasteiger partial charge on any atom is -0.339 e. The Kier molecular flexibility index (Phi) is 5.86. The van der Waals surface area contributed by atoms with E-state index in [0.717, 1.165) is 37.3 Å². The fourth-order valence-electron chi connectivity index (χ4n) is 2.77. The molecule has 1 saturated carbocycles. The molecule has 3 rings (SSSR count). The molecule has 2 fully saturated rings. The van der Waals surface area contributed by atoms with Crippen LogP contribution in [0.15, 0.2) is 4.52 Å². The minimum absolute atomic E-state index is 0. The van der Waals surface area contributed by atoms with Gasteiger partial charge in [0.25, 0.3) is 0 Å². The molecule has 0 radical (unpaired) electrons. The maximum atomic E-state index is 5.36. The van der Waals surface area contributed by atoms with E-state index in [9.17, 15) is 0 Å². The smallest absolute Gasteiger partial charge is 0.232 e. The van der Waals surface area contributed by atoms with Crippen molar-refractivity contribution in [1.29, 1.82) is 0 Å². The number of nitrogens with zero attached hydrogens (tertiary/aromatic N) is 3. The van der Waals surface area contributed by atoms with Crippen LogP contribution in [0, 0.1) is 5.92 Å². The summed E-state index contributed by atoms with van der Waals surface area (Å²) in [5.41, 5.74) is -0.0645. The molecule has 1 aromatic rings. The Labute approximate surface area is 139 Å². The van der Waals surface area contributed by atoms with Gasteiger partial charge in [0, 0.05) is 24.5 Å². The zero-order valence-electron chi connectivity index (χ0n) is 14.0. The second kappa shape index (κ2) is 7.28. The standard InChI is InChI=1S/C16H28N4O.ClH/c1-16(2,3)15-18-14(19-21-15)11-20-8-6-13(7-9-20)17-10-12-4-5-12;/h12-13,17H,4-11H2,1-3H3;1H. The molecular formula is C16H29ClN4O. The highest BCUT2D eigenvalue weighted by atomic mass is 35.5. The molecule has 5 nitrogen and oxygen atoms in total. The van der Waals surface area contributed by atoms with Gasteiger partial charge in [0.15, 0.2) is 5.82 Å². The van der Waals surface area contributed by atoms with Crippen LogP contribution >= 0.6 is 12.4 Å². The summed E-state index contributed by atoms with van der Waals surface area (Å²) in [6.07, 6.45) is 5.33. The molecule has 0 aromatic carbocycles. The van der Waals surface area contributed by atoms with Crippen LogP contribution in [0.2, 0.25) is 0 Å². The zero-order valence-corrected chi connectivity index (χ0v) is 14.8. The second-order valence-corrected chi connectivity index (χ2v) is 7.67. The molecule has 126 valence electrons. The van der Waals surface area contributed by atoms with Gasteiger partial charge in [-0.1, -0.05) is 25.9 Å². The van der Waals surface area contributed by atoms with Crippen LogP contribution in [0.5, 0.6) is 0 Å². The highest BCUT2D eigenvalue weighted by Crippen LogP contribution is 2.28. The molecule has 0 bridgehead atoms. The van der Waals surface area contributed by atoms with E-state index in [1.54, 1.807) is 0 Å². The van der Waals surface area contributed by atoms with E-state index in [2.05, 4.69) is 41.1 Å². The molecule has 0 unspecified atom stereocenters. The van der Waals surface area contributed by atoms with Crippen molar-refractivity contribution in [3.63, 3.8) is 0 Å². The van der Waals surface area contributed by atoms with Crippen molar-refractivity contribution in [2.45, 2.75) is 64.5 Å². The lowest BCUT2D eigenvalue weighted by Gasteiger charge is -2.31. The summed E-state index contributed by atoms with van der Waals surface area (Å²) in [5, 5.41) is 7.84. The third-order valence-corrected chi connectivity index (χ3v) is 4.45. The lowest BCUT2D eigenvalue weighted by atomic mass is 9.97. The Bertz CT molecular complexity index is 459. The van der Waals surface area contributed by atoms with Gasteiger partial charge in [-0.2, -0.15) is 4.98 Å². The SMILES string of the molecule is CC(C)(C)c1nc(CN2CCC(NCC3CC3)CC2)no1.Cl. The van der Waals surface area contributed by atoms with Gasteiger partial charge >= 0.3 is 0 Å². The van der Waals surface area contributed by atoms with Crippen molar-refractivity contribution in [2.75, 3.05) is 19.6 Å². The summed E-state index contributed by atoms with van der Waals surface area (Å²) < 4.78 is 5.36. The first kappa shape index (κ1) is 17.7. The lowest BCUT2D eigenvalue weighted by Crippen LogP contribution is -2.42.